The number of hydrogen-bond acceptors (Lipinski definition) is 4. The third-order valence-electron chi connectivity index (χ3n) is 4.56. The predicted molar refractivity (Wildman–Crippen MR) is 105 cm³/mol. The van der Waals surface area contributed by atoms with E-state index in [2.05, 4.69) is 10.3 Å². The first-order chi connectivity index (χ1) is 12.7. The van der Waals surface area contributed by atoms with Crippen LogP contribution in [-0.2, 0) is 16.6 Å². The number of nitrogens with two attached hydrogens (primary N) is 1. The van der Waals surface area contributed by atoms with E-state index < -0.39 is 10.0 Å². The maximum atomic E-state index is 12.9. The molecule has 1 amide bonds. The van der Waals surface area contributed by atoms with E-state index in [-0.39, 0.29) is 17.3 Å². The molecule has 0 aliphatic rings. The highest BCUT2D eigenvalue weighted by molar-refractivity contribution is 7.89. The smallest absolute Gasteiger partial charge is 0.252 e. The van der Waals surface area contributed by atoms with Gasteiger partial charge in [-0.15, -0.1) is 0 Å². The van der Waals surface area contributed by atoms with Crippen LogP contribution in [0, 0.1) is 20.8 Å². The van der Waals surface area contributed by atoms with Crippen LogP contribution < -0.4 is 10.5 Å². The number of aryl methyl sites for hydroxylation is 2. The molecular weight excluding hydrogens is 362 g/mol. The Morgan fingerprint density at radius 2 is 1.74 bits per heavy atom. The van der Waals surface area contributed by atoms with Crippen molar-refractivity contribution in [1.29, 1.82) is 0 Å². The molecule has 27 heavy (non-hydrogen) atoms. The van der Waals surface area contributed by atoms with Gasteiger partial charge in [-0.05, 0) is 56.2 Å². The molecule has 140 valence electrons. The second-order valence-electron chi connectivity index (χ2n) is 6.59. The molecule has 0 atom stereocenters. The monoisotopic (exact) mass is 383 g/mol. The van der Waals surface area contributed by atoms with Gasteiger partial charge in [0, 0.05) is 17.6 Å². The zero-order valence-corrected chi connectivity index (χ0v) is 16.2. The highest BCUT2D eigenvalue weighted by atomic mass is 32.2. The number of rotatable bonds is 4. The normalized spacial score (nSPS) is 11.6. The Bertz CT molecular complexity index is 1140. The fraction of sp³-hybridized carbons (Fsp3) is 0.200. The Balaban J connectivity index is 1.88. The van der Waals surface area contributed by atoms with Crippen molar-refractivity contribution in [3.8, 4) is 0 Å². The van der Waals surface area contributed by atoms with E-state index in [9.17, 15) is 13.2 Å². The average molecular weight is 383 g/mol. The van der Waals surface area contributed by atoms with Crippen LogP contribution in [0.2, 0.25) is 0 Å². The topological polar surface area (TPSA) is 102 Å². The van der Waals surface area contributed by atoms with Crippen molar-refractivity contribution in [3.63, 3.8) is 0 Å². The molecule has 0 unspecified atom stereocenters. The van der Waals surface area contributed by atoms with Gasteiger partial charge >= 0.3 is 0 Å². The zero-order valence-electron chi connectivity index (χ0n) is 15.4. The van der Waals surface area contributed by atoms with Crippen LogP contribution >= 0.6 is 0 Å². The average Bonchev–Trinajstić information content (AvgIpc) is 2.61. The van der Waals surface area contributed by atoms with Crippen LogP contribution in [0.1, 0.15) is 32.7 Å². The molecule has 0 aliphatic heterocycles. The quantitative estimate of drug-likeness (QED) is 0.723. The minimum atomic E-state index is -3.73. The van der Waals surface area contributed by atoms with Crippen LogP contribution in [-0.4, -0.2) is 19.3 Å². The summed E-state index contributed by atoms with van der Waals surface area (Å²) in [7, 11) is -3.73. The Kier molecular flexibility index (Phi) is 4.99. The SMILES string of the molecule is Cc1ccc2nc(C)c(C)c(C(=O)NCc3ccc(S(N)(=O)=O)cc3)c2c1. The number of aromatic nitrogens is 1. The summed E-state index contributed by atoms with van der Waals surface area (Å²) in [4.78, 5) is 17.5. The summed E-state index contributed by atoms with van der Waals surface area (Å²) >= 11 is 0. The highest BCUT2D eigenvalue weighted by Gasteiger charge is 2.16. The van der Waals surface area contributed by atoms with Gasteiger partial charge in [-0.1, -0.05) is 23.8 Å². The maximum Gasteiger partial charge on any atom is 0.252 e. The summed E-state index contributed by atoms with van der Waals surface area (Å²) in [6.07, 6.45) is 0. The van der Waals surface area contributed by atoms with Crippen molar-refractivity contribution in [2.24, 2.45) is 5.14 Å². The summed E-state index contributed by atoms with van der Waals surface area (Å²) in [5, 5.41) is 8.82. The van der Waals surface area contributed by atoms with Crippen molar-refractivity contribution < 1.29 is 13.2 Å². The molecule has 3 N–H and O–H groups in total. The molecule has 6 nitrogen and oxygen atoms in total. The fourth-order valence-corrected chi connectivity index (χ4v) is 3.47. The number of sulfonamides is 1. The predicted octanol–water partition coefficient (Wildman–Crippen LogP) is 2.74. The van der Waals surface area contributed by atoms with Crippen molar-refractivity contribution in [3.05, 3.63) is 70.4 Å². The number of nitrogens with one attached hydrogen (secondary N) is 1. The highest BCUT2D eigenvalue weighted by Crippen LogP contribution is 2.24. The van der Waals surface area contributed by atoms with Crippen LogP contribution in [0.3, 0.4) is 0 Å². The first-order valence-corrected chi connectivity index (χ1v) is 9.99. The number of pyridine rings is 1. The maximum absolute atomic E-state index is 12.9. The number of hydrogen-bond donors (Lipinski definition) is 2. The first kappa shape index (κ1) is 19.0. The summed E-state index contributed by atoms with van der Waals surface area (Å²) in [6.45, 7) is 6.03. The third-order valence-corrected chi connectivity index (χ3v) is 5.49. The van der Waals surface area contributed by atoms with Gasteiger partial charge in [-0.25, -0.2) is 13.6 Å². The standard InChI is InChI=1S/C20H21N3O3S/c1-12-4-9-18-17(10-12)19(13(2)14(3)23-18)20(24)22-11-15-5-7-16(8-6-15)27(21,25)26/h4-10H,11H2,1-3H3,(H,22,24)(H2,21,25,26). The second-order valence-corrected chi connectivity index (χ2v) is 8.15. The molecule has 7 heteroatoms. The Morgan fingerprint density at radius 1 is 1.07 bits per heavy atom. The molecule has 3 rings (SSSR count). The number of amides is 1. The number of carbonyl (C=O) groups is 1. The van der Waals surface area contributed by atoms with E-state index in [1.54, 1.807) is 12.1 Å². The molecule has 0 bridgehead atoms. The molecule has 1 aromatic heterocycles. The Hall–Kier alpha value is -2.77. The van der Waals surface area contributed by atoms with Gasteiger partial charge in [-0.2, -0.15) is 0 Å². The minimum absolute atomic E-state index is 0.0413. The molecule has 0 aliphatic carbocycles. The summed E-state index contributed by atoms with van der Waals surface area (Å²) < 4.78 is 22.6. The molecule has 3 aromatic rings. The summed E-state index contributed by atoms with van der Waals surface area (Å²) in [6, 6.07) is 12.0. The van der Waals surface area contributed by atoms with E-state index in [1.807, 2.05) is 39.0 Å². The van der Waals surface area contributed by atoms with Crippen molar-refractivity contribution >= 4 is 26.8 Å². The molecule has 0 saturated carbocycles. The number of nitrogens with zero attached hydrogens (tertiary/aromatic N) is 1. The lowest BCUT2D eigenvalue weighted by atomic mass is 9.99. The number of carbonyl (C=O) groups excluding carboxylic acids is 1. The van der Waals surface area contributed by atoms with E-state index in [4.69, 9.17) is 5.14 Å². The molecule has 0 spiro atoms. The van der Waals surface area contributed by atoms with Crippen LogP contribution in [0.5, 0.6) is 0 Å². The molecule has 0 saturated heterocycles. The lowest BCUT2D eigenvalue weighted by Gasteiger charge is -2.13. The van der Waals surface area contributed by atoms with Gasteiger partial charge in [0.1, 0.15) is 0 Å². The van der Waals surface area contributed by atoms with Crippen molar-refractivity contribution in [2.75, 3.05) is 0 Å². The molecule has 0 fully saturated rings. The lowest BCUT2D eigenvalue weighted by Crippen LogP contribution is -2.24. The Labute approximate surface area is 158 Å². The van der Waals surface area contributed by atoms with Crippen LogP contribution in [0.15, 0.2) is 47.4 Å². The summed E-state index contributed by atoms with van der Waals surface area (Å²) in [5.74, 6) is -0.191. The van der Waals surface area contributed by atoms with Gasteiger partial charge in [-0.3, -0.25) is 9.78 Å². The number of benzene rings is 2. The number of fused-ring (bicyclic) bond motifs is 1. The van der Waals surface area contributed by atoms with Gasteiger partial charge in [0.25, 0.3) is 5.91 Å². The van der Waals surface area contributed by atoms with E-state index in [0.717, 1.165) is 33.3 Å². The van der Waals surface area contributed by atoms with E-state index in [0.29, 0.717) is 5.56 Å². The van der Waals surface area contributed by atoms with E-state index >= 15 is 0 Å². The largest absolute Gasteiger partial charge is 0.348 e. The van der Waals surface area contributed by atoms with Crippen LogP contribution in [0.4, 0.5) is 0 Å². The number of primary sulfonamides is 1. The zero-order chi connectivity index (χ0) is 19.8. The third kappa shape index (κ3) is 3.99. The minimum Gasteiger partial charge on any atom is -0.348 e. The second kappa shape index (κ2) is 7.09. The van der Waals surface area contributed by atoms with E-state index in [1.165, 1.54) is 12.1 Å². The van der Waals surface area contributed by atoms with Gasteiger partial charge in [0.05, 0.1) is 16.0 Å². The molecule has 2 aromatic carbocycles. The molecule has 1 heterocycles. The van der Waals surface area contributed by atoms with Crippen molar-refractivity contribution in [2.45, 2.75) is 32.2 Å². The Morgan fingerprint density at radius 3 is 2.37 bits per heavy atom. The fourth-order valence-electron chi connectivity index (χ4n) is 2.96. The van der Waals surface area contributed by atoms with Crippen molar-refractivity contribution in [1.82, 2.24) is 10.3 Å². The lowest BCUT2D eigenvalue weighted by molar-refractivity contribution is 0.0951. The van der Waals surface area contributed by atoms with Gasteiger partial charge < -0.3 is 5.32 Å². The molecular formula is C20H21N3O3S. The molecule has 0 radical (unpaired) electrons. The van der Waals surface area contributed by atoms with Crippen LogP contribution in [0.25, 0.3) is 10.9 Å². The summed E-state index contributed by atoms with van der Waals surface area (Å²) in [5.41, 5.74) is 4.89. The first-order valence-electron chi connectivity index (χ1n) is 8.44. The van der Waals surface area contributed by atoms with Gasteiger partial charge in [0.15, 0.2) is 0 Å². The van der Waals surface area contributed by atoms with Gasteiger partial charge in [0.2, 0.25) is 10.0 Å².